The Balaban J connectivity index is 1.36. The topological polar surface area (TPSA) is 81.1 Å². The Morgan fingerprint density at radius 2 is 2.00 bits per heavy atom. The van der Waals surface area contributed by atoms with Gasteiger partial charge in [-0.25, -0.2) is 14.5 Å². The minimum atomic E-state index is -0.224. The number of nitrogens with zero attached hydrogens (tertiary/aromatic N) is 3. The lowest BCUT2D eigenvalue weighted by atomic mass is 10.2. The number of hydrogen-bond acceptors (Lipinski definition) is 4. The molecule has 0 aliphatic rings. The molecule has 1 aromatic heterocycles. The fourth-order valence-electron chi connectivity index (χ4n) is 2.39. The van der Waals surface area contributed by atoms with Crippen molar-refractivity contribution in [1.82, 2.24) is 25.4 Å². The summed E-state index contributed by atoms with van der Waals surface area (Å²) in [5.41, 5.74) is 3.06. The van der Waals surface area contributed by atoms with E-state index in [1.807, 2.05) is 55.5 Å². The van der Waals surface area contributed by atoms with E-state index < -0.39 is 0 Å². The van der Waals surface area contributed by atoms with Crippen molar-refractivity contribution in [3.05, 3.63) is 72.3 Å². The first kappa shape index (κ1) is 17.5. The van der Waals surface area contributed by atoms with Crippen molar-refractivity contribution in [2.24, 2.45) is 0 Å². The second-order valence-electron chi connectivity index (χ2n) is 5.78. The van der Waals surface area contributed by atoms with Crippen LogP contribution in [0.1, 0.15) is 11.1 Å². The minimum Gasteiger partial charge on any atom is -0.492 e. The Bertz CT molecular complexity index is 831. The lowest BCUT2D eigenvalue weighted by molar-refractivity contribution is 0.236. The molecule has 3 aromatic rings. The van der Waals surface area contributed by atoms with Crippen LogP contribution in [0.5, 0.6) is 5.75 Å². The molecule has 0 unspecified atom stereocenters. The van der Waals surface area contributed by atoms with Crippen LogP contribution in [0, 0.1) is 6.92 Å². The van der Waals surface area contributed by atoms with E-state index in [0.29, 0.717) is 19.7 Å². The molecule has 26 heavy (non-hydrogen) atoms. The molecule has 2 aromatic carbocycles. The van der Waals surface area contributed by atoms with Crippen LogP contribution in [0.4, 0.5) is 4.79 Å². The van der Waals surface area contributed by atoms with Crippen LogP contribution in [0.15, 0.2) is 61.2 Å². The van der Waals surface area contributed by atoms with Gasteiger partial charge in [0.25, 0.3) is 0 Å². The Hall–Kier alpha value is -3.35. The number of aromatic nitrogens is 3. The zero-order chi connectivity index (χ0) is 18.2. The number of amides is 2. The fraction of sp³-hybridized carbons (Fsp3) is 0.211. The van der Waals surface area contributed by atoms with Crippen LogP contribution in [0.25, 0.3) is 5.69 Å². The molecule has 0 bridgehead atoms. The molecule has 0 radical (unpaired) electrons. The summed E-state index contributed by atoms with van der Waals surface area (Å²) in [7, 11) is 0. The van der Waals surface area contributed by atoms with E-state index in [9.17, 15) is 4.79 Å². The van der Waals surface area contributed by atoms with E-state index >= 15 is 0 Å². The highest BCUT2D eigenvalue weighted by Gasteiger charge is 2.02. The SMILES string of the molecule is Cc1cccc(OCCNC(=O)NCc2ccc(-n3cncn3)cc2)c1. The van der Waals surface area contributed by atoms with Crippen LogP contribution in [-0.4, -0.2) is 33.9 Å². The van der Waals surface area contributed by atoms with Gasteiger partial charge in [-0.2, -0.15) is 5.10 Å². The zero-order valence-electron chi connectivity index (χ0n) is 14.6. The number of benzene rings is 2. The van der Waals surface area contributed by atoms with E-state index in [4.69, 9.17) is 4.74 Å². The number of aryl methyl sites for hydroxylation is 1. The first-order valence-electron chi connectivity index (χ1n) is 8.36. The number of urea groups is 1. The van der Waals surface area contributed by atoms with Crippen LogP contribution in [0.3, 0.4) is 0 Å². The summed E-state index contributed by atoms with van der Waals surface area (Å²) in [6.45, 7) is 3.31. The molecule has 0 aliphatic heterocycles. The van der Waals surface area contributed by atoms with E-state index in [1.165, 1.54) is 6.33 Å². The number of rotatable bonds is 7. The highest BCUT2D eigenvalue weighted by molar-refractivity contribution is 5.73. The summed E-state index contributed by atoms with van der Waals surface area (Å²) in [5, 5.41) is 9.67. The van der Waals surface area contributed by atoms with Gasteiger partial charge in [-0.15, -0.1) is 0 Å². The normalized spacial score (nSPS) is 10.3. The maximum Gasteiger partial charge on any atom is 0.315 e. The molecule has 0 fully saturated rings. The van der Waals surface area contributed by atoms with E-state index in [1.54, 1.807) is 11.0 Å². The molecule has 0 spiro atoms. The summed E-state index contributed by atoms with van der Waals surface area (Å²) >= 11 is 0. The number of ether oxygens (including phenoxy) is 1. The Kier molecular flexibility index (Phi) is 5.82. The fourth-order valence-corrected chi connectivity index (χ4v) is 2.39. The van der Waals surface area contributed by atoms with Crippen LogP contribution in [-0.2, 0) is 6.54 Å². The van der Waals surface area contributed by atoms with Gasteiger partial charge >= 0.3 is 6.03 Å². The van der Waals surface area contributed by atoms with E-state index in [0.717, 1.165) is 22.6 Å². The molecular formula is C19H21N5O2. The van der Waals surface area contributed by atoms with Crippen molar-refractivity contribution >= 4 is 6.03 Å². The number of nitrogens with one attached hydrogen (secondary N) is 2. The van der Waals surface area contributed by atoms with Gasteiger partial charge in [-0.3, -0.25) is 0 Å². The number of carbonyl (C=O) groups excluding carboxylic acids is 1. The molecule has 134 valence electrons. The second-order valence-corrected chi connectivity index (χ2v) is 5.78. The van der Waals surface area contributed by atoms with Gasteiger partial charge in [-0.05, 0) is 42.3 Å². The van der Waals surface area contributed by atoms with Gasteiger partial charge in [0.1, 0.15) is 25.0 Å². The summed E-state index contributed by atoms with van der Waals surface area (Å²) < 4.78 is 7.27. The molecule has 2 N–H and O–H groups in total. The third kappa shape index (κ3) is 5.07. The molecule has 2 amide bonds. The highest BCUT2D eigenvalue weighted by Crippen LogP contribution is 2.11. The molecule has 7 heteroatoms. The van der Waals surface area contributed by atoms with Crippen LogP contribution >= 0.6 is 0 Å². The number of carbonyl (C=O) groups is 1. The van der Waals surface area contributed by atoms with Crippen molar-refractivity contribution < 1.29 is 9.53 Å². The molecule has 0 aliphatic carbocycles. The third-order valence-electron chi connectivity index (χ3n) is 3.72. The molecule has 3 rings (SSSR count). The monoisotopic (exact) mass is 351 g/mol. The van der Waals surface area contributed by atoms with Crippen molar-refractivity contribution in [2.45, 2.75) is 13.5 Å². The standard InChI is InChI=1S/C19H21N5O2/c1-15-3-2-4-18(11-15)26-10-9-21-19(25)22-12-16-5-7-17(8-6-16)24-14-20-13-23-24/h2-8,11,13-14H,9-10,12H2,1H3,(H2,21,22,25). The molecule has 7 nitrogen and oxygen atoms in total. The first-order valence-corrected chi connectivity index (χ1v) is 8.36. The van der Waals surface area contributed by atoms with Gasteiger partial charge in [0, 0.05) is 6.54 Å². The van der Waals surface area contributed by atoms with Gasteiger partial charge in [0.2, 0.25) is 0 Å². The van der Waals surface area contributed by atoms with Crippen LogP contribution < -0.4 is 15.4 Å². The van der Waals surface area contributed by atoms with E-state index in [2.05, 4.69) is 20.7 Å². The van der Waals surface area contributed by atoms with Gasteiger partial charge < -0.3 is 15.4 Å². The van der Waals surface area contributed by atoms with Gasteiger partial charge in [0.05, 0.1) is 12.2 Å². The van der Waals surface area contributed by atoms with Gasteiger partial charge in [-0.1, -0.05) is 24.3 Å². The van der Waals surface area contributed by atoms with Crippen molar-refractivity contribution in [1.29, 1.82) is 0 Å². The Morgan fingerprint density at radius 3 is 2.73 bits per heavy atom. The summed E-state index contributed by atoms with van der Waals surface area (Å²) in [6.07, 6.45) is 3.13. The molecule has 0 saturated carbocycles. The van der Waals surface area contributed by atoms with Crippen molar-refractivity contribution in [2.75, 3.05) is 13.2 Å². The zero-order valence-corrected chi connectivity index (χ0v) is 14.6. The highest BCUT2D eigenvalue weighted by atomic mass is 16.5. The maximum absolute atomic E-state index is 11.8. The lowest BCUT2D eigenvalue weighted by Gasteiger charge is -2.10. The maximum atomic E-state index is 11.8. The summed E-state index contributed by atoms with van der Waals surface area (Å²) in [6, 6.07) is 15.3. The van der Waals surface area contributed by atoms with E-state index in [-0.39, 0.29) is 6.03 Å². The van der Waals surface area contributed by atoms with Crippen LogP contribution in [0.2, 0.25) is 0 Å². The Labute approximate surface area is 152 Å². The summed E-state index contributed by atoms with van der Waals surface area (Å²) in [4.78, 5) is 15.8. The molecule has 1 heterocycles. The predicted octanol–water partition coefficient (Wildman–Crippen LogP) is 2.45. The third-order valence-corrected chi connectivity index (χ3v) is 3.72. The average Bonchev–Trinajstić information content (AvgIpc) is 3.19. The smallest absolute Gasteiger partial charge is 0.315 e. The largest absolute Gasteiger partial charge is 0.492 e. The number of hydrogen-bond donors (Lipinski definition) is 2. The molecular weight excluding hydrogens is 330 g/mol. The predicted molar refractivity (Wildman–Crippen MR) is 98.3 cm³/mol. The minimum absolute atomic E-state index is 0.224. The summed E-state index contributed by atoms with van der Waals surface area (Å²) in [5.74, 6) is 0.805. The second kappa shape index (κ2) is 8.66. The quantitative estimate of drug-likeness (QED) is 0.641. The Morgan fingerprint density at radius 1 is 1.15 bits per heavy atom. The lowest BCUT2D eigenvalue weighted by Crippen LogP contribution is -2.37. The average molecular weight is 351 g/mol. The van der Waals surface area contributed by atoms with Crippen molar-refractivity contribution in [3.63, 3.8) is 0 Å². The van der Waals surface area contributed by atoms with Gasteiger partial charge in [0.15, 0.2) is 0 Å². The molecule has 0 atom stereocenters. The first-order chi connectivity index (χ1) is 12.7. The molecule has 0 saturated heterocycles. The van der Waals surface area contributed by atoms with Crippen molar-refractivity contribution in [3.8, 4) is 11.4 Å².